The van der Waals surface area contributed by atoms with E-state index in [1.54, 1.807) is 23.4 Å². The molecule has 0 aliphatic carbocycles. The molecule has 16 heavy (non-hydrogen) atoms. The predicted molar refractivity (Wildman–Crippen MR) is 61.1 cm³/mol. The van der Waals surface area contributed by atoms with E-state index < -0.39 is 5.97 Å². The molecule has 0 aliphatic heterocycles. The van der Waals surface area contributed by atoms with Gasteiger partial charge < -0.3 is 5.11 Å². The Balaban J connectivity index is 2.36. The first kappa shape index (κ1) is 13.0. The molecule has 0 bridgehead atoms. The van der Waals surface area contributed by atoms with Crippen molar-refractivity contribution in [2.24, 2.45) is 5.92 Å². The quantitative estimate of drug-likeness (QED) is 0.771. The van der Waals surface area contributed by atoms with Gasteiger partial charge in [-0.05, 0) is 16.8 Å². The third-order valence-electron chi connectivity index (χ3n) is 2.06. The highest BCUT2D eigenvalue weighted by molar-refractivity contribution is 7.98. The van der Waals surface area contributed by atoms with Crippen molar-refractivity contribution in [3.63, 3.8) is 0 Å². The summed E-state index contributed by atoms with van der Waals surface area (Å²) < 4.78 is 1.76. The molecule has 0 saturated heterocycles. The van der Waals surface area contributed by atoms with Gasteiger partial charge in [0.25, 0.3) is 0 Å². The summed E-state index contributed by atoms with van der Waals surface area (Å²) in [6.07, 6.45) is 0.980. The van der Waals surface area contributed by atoms with E-state index >= 15 is 0 Å². The minimum Gasteiger partial charge on any atom is -0.481 e. The van der Waals surface area contributed by atoms with Crippen LogP contribution in [0.15, 0.2) is 0 Å². The number of carbonyl (C=O) groups is 1. The zero-order chi connectivity index (χ0) is 12.0. The largest absolute Gasteiger partial charge is 0.481 e. The van der Waals surface area contributed by atoms with Crippen LogP contribution in [0.3, 0.4) is 0 Å². The summed E-state index contributed by atoms with van der Waals surface area (Å²) in [6.45, 7) is 4.56. The maximum absolute atomic E-state index is 10.6. The molecule has 0 aromatic carbocycles. The molecule has 90 valence electrons. The van der Waals surface area contributed by atoms with E-state index in [4.69, 9.17) is 5.11 Å². The molecule has 1 aromatic heterocycles. The first-order chi connectivity index (χ1) is 7.65. The van der Waals surface area contributed by atoms with E-state index in [9.17, 15) is 4.79 Å². The Bertz CT molecular complexity index is 342. The molecule has 1 atom stereocenters. The first-order valence-electron chi connectivity index (χ1n) is 5.20. The lowest BCUT2D eigenvalue weighted by atomic mass is 10.2. The van der Waals surface area contributed by atoms with Crippen LogP contribution >= 0.6 is 11.8 Å². The molecule has 1 N–H and O–H groups in total. The fourth-order valence-electron chi connectivity index (χ4n) is 1.11. The van der Waals surface area contributed by atoms with E-state index in [1.807, 2.05) is 0 Å². The lowest BCUT2D eigenvalue weighted by Crippen LogP contribution is -2.12. The predicted octanol–water partition coefficient (Wildman–Crippen LogP) is 1.04. The maximum Gasteiger partial charge on any atom is 0.307 e. The third kappa shape index (κ3) is 3.80. The van der Waals surface area contributed by atoms with Crippen LogP contribution in [0.1, 0.15) is 26.1 Å². The smallest absolute Gasteiger partial charge is 0.307 e. The summed E-state index contributed by atoms with van der Waals surface area (Å²) in [7, 11) is 0. The third-order valence-corrected chi connectivity index (χ3v) is 3.26. The highest BCUT2D eigenvalue weighted by Gasteiger charge is 2.12. The number of carboxylic acids is 1. The number of thioether (sulfide) groups is 1. The van der Waals surface area contributed by atoms with Crippen LogP contribution in [0.25, 0.3) is 0 Å². The maximum atomic E-state index is 10.6. The van der Waals surface area contributed by atoms with Crippen molar-refractivity contribution >= 4 is 17.7 Å². The lowest BCUT2D eigenvalue weighted by Gasteiger charge is -2.05. The highest BCUT2D eigenvalue weighted by atomic mass is 32.2. The normalized spacial score (nSPS) is 12.6. The molecule has 0 amide bonds. The minimum atomic E-state index is -0.763. The Morgan fingerprint density at radius 1 is 1.62 bits per heavy atom. The lowest BCUT2D eigenvalue weighted by molar-refractivity contribution is -0.140. The van der Waals surface area contributed by atoms with Gasteiger partial charge in [0.05, 0.1) is 11.7 Å². The van der Waals surface area contributed by atoms with E-state index in [2.05, 4.69) is 22.4 Å². The van der Waals surface area contributed by atoms with Gasteiger partial charge in [0, 0.05) is 12.3 Å². The highest BCUT2D eigenvalue weighted by Crippen LogP contribution is 2.13. The molecular formula is C9H16N4O2S. The van der Waals surface area contributed by atoms with Gasteiger partial charge in [-0.25, -0.2) is 4.68 Å². The molecule has 6 nitrogen and oxygen atoms in total. The van der Waals surface area contributed by atoms with Crippen molar-refractivity contribution in [1.82, 2.24) is 20.2 Å². The molecule has 0 aliphatic rings. The Kier molecular flexibility index (Phi) is 5.24. The average molecular weight is 244 g/mol. The Hall–Kier alpha value is -1.11. The zero-order valence-corrected chi connectivity index (χ0v) is 10.3. The van der Waals surface area contributed by atoms with Gasteiger partial charge in [-0.15, -0.1) is 5.10 Å². The minimum absolute atomic E-state index is 0.333. The number of hydrogen-bond acceptors (Lipinski definition) is 5. The summed E-state index contributed by atoms with van der Waals surface area (Å²) in [4.78, 5) is 10.6. The number of hydrogen-bond donors (Lipinski definition) is 1. The Morgan fingerprint density at radius 3 is 3.00 bits per heavy atom. The van der Waals surface area contributed by atoms with Crippen LogP contribution in [-0.2, 0) is 17.1 Å². The molecule has 1 rings (SSSR count). The SMILES string of the molecule is CCCn1nnnc1CSCC(C)C(=O)O. The molecule has 0 fully saturated rings. The van der Waals surface area contributed by atoms with Crippen LogP contribution in [0, 0.1) is 5.92 Å². The molecule has 7 heteroatoms. The van der Waals surface area contributed by atoms with Crippen molar-refractivity contribution in [2.45, 2.75) is 32.6 Å². The molecule has 0 radical (unpaired) electrons. The summed E-state index contributed by atoms with van der Waals surface area (Å²) >= 11 is 1.54. The van der Waals surface area contributed by atoms with Gasteiger partial charge in [0.15, 0.2) is 5.82 Å². The van der Waals surface area contributed by atoms with Crippen LogP contribution < -0.4 is 0 Å². The first-order valence-corrected chi connectivity index (χ1v) is 6.36. The van der Waals surface area contributed by atoms with Gasteiger partial charge in [-0.1, -0.05) is 13.8 Å². The summed E-state index contributed by atoms with van der Waals surface area (Å²) in [6, 6.07) is 0. The van der Waals surface area contributed by atoms with Crippen molar-refractivity contribution in [3.05, 3.63) is 5.82 Å². The number of carboxylic acid groups (broad SMARTS) is 1. The number of aryl methyl sites for hydroxylation is 1. The monoisotopic (exact) mass is 244 g/mol. The van der Waals surface area contributed by atoms with Gasteiger partial charge in [0.1, 0.15) is 0 Å². The molecule has 1 unspecified atom stereocenters. The zero-order valence-electron chi connectivity index (χ0n) is 9.46. The molecule has 1 aromatic rings. The van der Waals surface area contributed by atoms with Gasteiger partial charge >= 0.3 is 5.97 Å². The number of tetrazole rings is 1. The van der Waals surface area contributed by atoms with E-state index in [1.165, 1.54) is 0 Å². The molecule has 0 spiro atoms. The second-order valence-electron chi connectivity index (χ2n) is 3.57. The number of aliphatic carboxylic acids is 1. The molecule has 1 heterocycles. The summed E-state index contributed by atoms with van der Waals surface area (Å²) in [5.74, 6) is 0.949. The van der Waals surface area contributed by atoms with Crippen LogP contribution in [0.4, 0.5) is 0 Å². The van der Waals surface area contributed by atoms with Crippen LogP contribution in [0.2, 0.25) is 0 Å². The van der Waals surface area contributed by atoms with E-state index in [-0.39, 0.29) is 5.92 Å². The number of aromatic nitrogens is 4. The van der Waals surface area contributed by atoms with Gasteiger partial charge in [0.2, 0.25) is 0 Å². The molecular weight excluding hydrogens is 228 g/mol. The Morgan fingerprint density at radius 2 is 2.38 bits per heavy atom. The topological polar surface area (TPSA) is 80.9 Å². The van der Waals surface area contributed by atoms with E-state index in [0.717, 1.165) is 18.8 Å². The van der Waals surface area contributed by atoms with Gasteiger partial charge in [-0.3, -0.25) is 4.79 Å². The summed E-state index contributed by atoms with van der Waals surface area (Å²) in [5, 5.41) is 20.1. The fraction of sp³-hybridized carbons (Fsp3) is 0.778. The van der Waals surface area contributed by atoms with Gasteiger partial charge in [-0.2, -0.15) is 11.8 Å². The number of nitrogens with zero attached hydrogens (tertiary/aromatic N) is 4. The van der Waals surface area contributed by atoms with Crippen molar-refractivity contribution in [1.29, 1.82) is 0 Å². The standard InChI is InChI=1S/C9H16N4O2S/c1-3-4-13-8(10-11-12-13)6-16-5-7(2)9(14)15/h7H,3-6H2,1-2H3,(H,14,15). The second kappa shape index (κ2) is 6.47. The number of rotatable bonds is 7. The van der Waals surface area contributed by atoms with Crippen molar-refractivity contribution in [2.75, 3.05) is 5.75 Å². The molecule has 0 saturated carbocycles. The summed E-state index contributed by atoms with van der Waals surface area (Å²) in [5.41, 5.74) is 0. The van der Waals surface area contributed by atoms with Crippen LogP contribution in [-0.4, -0.2) is 37.0 Å². The Labute approximate surface area is 98.4 Å². The fourth-order valence-corrected chi connectivity index (χ4v) is 2.11. The second-order valence-corrected chi connectivity index (χ2v) is 4.60. The van der Waals surface area contributed by atoms with Crippen molar-refractivity contribution < 1.29 is 9.90 Å². The van der Waals surface area contributed by atoms with E-state index in [0.29, 0.717) is 11.5 Å². The van der Waals surface area contributed by atoms with Crippen LogP contribution in [0.5, 0.6) is 0 Å². The average Bonchev–Trinajstić information content (AvgIpc) is 2.66. The van der Waals surface area contributed by atoms with Crippen molar-refractivity contribution in [3.8, 4) is 0 Å².